The SMILES string of the molecule is COC(=O)C1N=C([C@@H](NC(=O)OCc2ccccc2)C(C)C)O[C@H]1C. The summed E-state index contributed by atoms with van der Waals surface area (Å²) < 4.78 is 15.6. The number of esters is 1. The zero-order chi connectivity index (χ0) is 18.4. The summed E-state index contributed by atoms with van der Waals surface area (Å²) in [6.45, 7) is 5.75. The molecule has 0 fully saturated rings. The molecule has 1 heterocycles. The number of hydrogen-bond acceptors (Lipinski definition) is 6. The van der Waals surface area contributed by atoms with Crippen LogP contribution < -0.4 is 5.32 Å². The van der Waals surface area contributed by atoms with Gasteiger partial charge in [-0.2, -0.15) is 0 Å². The summed E-state index contributed by atoms with van der Waals surface area (Å²) in [5, 5.41) is 2.76. The Bertz CT molecular complexity index is 630. The van der Waals surface area contributed by atoms with Gasteiger partial charge in [0.05, 0.1) is 7.11 Å². The largest absolute Gasteiger partial charge is 0.474 e. The second-order valence-corrected chi connectivity index (χ2v) is 6.19. The molecule has 0 spiro atoms. The van der Waals surface area contributed by atoms with Crippen molar-refractivity contribution >= 4 is 18.0 Å². The van der Waals surface area contributed by atoms with Gasteiger partial charge in [-0.3, -0.25) is 0 Å². The van der Waals surface area contributed by atoms with E-state index in [1.54, 1.807) is 6.92 Å². The van der Waals surface area contributed by atoms with Gasteiger partial charge in [0.1, 0.15) is 18.8 Å². The minimum absolute atomic E-state index is 0.00613. The third-order valence-electron chi connectivity index (χ3n) is 3.88. The van der Waals surface area contributed by atoms with Crippen LogP contribution in [0.2, 0.25) is 0 Å². The van der Waals surface area contributed by atoms with Gasteiger partial charge in [0.15, 0.2) is 6.04 Å². The number of aliphatic imine (C=N–C) groups is 1. The molecule has 25 heavy (non-hydrogen) atoms. The summed E-state index contributed by atoms with van der Waals surface area (Å²) >= 11 is 0. The van der Waals surface area contributed by atoms with E-state index in [-0.39, 0.29) is 12.5 Å². The summed E-state index contributed by atoms with van der Waals surface area (Å²) in [7, 11) is 1.31. The highest BCUT2D eigenvalue weighted by atomic mass is 16.6. The molecule has 7 nitrogen and oxygen atoms in total. The van der Waals surface area contributed by atoms with Crippen molar-refractivity contribution in [1.82, 2.24) is 5.32 Å². The lowest BCUT2D eigenvalue weighted by molar-refractivity contribution is -0.143. The molecule has 7 heteroatoms. The average molecular weight is 348 g/mol. The lowest BCUT2D eigenvalue weighted by Crippen LogP contribution is -2.45. The molecule has 1 N–H and O–H groups in total. The zero-order valence-electron chi connectivity index (χ0n) is 14.9. The third-order valence-corrected chi connectivity index (χ3v) is 3.88. The topological polar surface area (TPSA) is 86.2 Å². The van der Waals surface area contributed by atoms with E-state index in [2.05, 4.69) is 10.3 Å². The summed E-state index contributed by atoms with van der Waals surface area (Å²) in [6, 6.07) is 8.20. The maximum atomic E-state index is 12.1. The van der Waals surface area contributed by atoms with Crippen LogP contribution in [-0.2, 0) is 25.6 Å². The van der Waals surface area contributed by atoms with E-state index in [1.807, 2.05) is 44.2 Å². The number of nitrogens with zero attached hydrogens (tertiary/aromatic N) is 1. The molecular formula is C18H24N2O5. The molecule has 1 aromatic rings. The molecule has 1 amide bonds. The number of carbonyl (C=O) groups excluding carboxylic acids is 2. The van der Waals surface area contributed by atoms with Crippen LogP contribution in [0.25, 0.3) is 0 Å². The molecule has 0 radical (unpaired) electrons. The van der Waals surface area contributed by atoms with Crippen LogP contribution in [0.5, 0.6) is 0 Å². The quantitative estimate of drug-likeness (QED) is 0.797. The molecule has 1 aromatic carbocycles. The Morgan fingerprint density at radius 1 is 1.28 bits per heavy atom. The average Bonchev–Trinajstić information content (AvgIpc) is 2.99. The van der Waals surface area contributed by atoms with Gasteiger partial charge in [-0.25, -0.2) is 14.6 Å². The molecule has 0 saturated heterocycles. The number of amides is 1. The van der Waals surface area contributed by atoms with Crippen LogP contribution in [0, 0.1) is 5.92 Å². The molecule has 0 aromatic heterocycles. The second-order valence-electron chi connectivity index (χ2n) is 6.19. The third kappa shape index (κ3) is 4.95. The maximum Gasteiger partial charge on any atom is 0.408 e. The van der Waals surface area contributed by atoms with Crippen LogP contribution in [0.15, 0.2) is 35.3 Å². The number of hydrogen-bond donors (Lipinski definition) is 1. The van der Waals surface area contributed by atoms with Crippen molar-refractivity contribution in [3.8, 4) is 0 Å². The number of rotatable bonds is 6. The van der Waals surface area contributed by atoms with E-state index in [9.17, 15) is 9.59 Å². The molecule has 2 rings (SSSR count). The van der Waals surface area contributed by atoms with E-state index < -0.39 is 30.3 Å². The highest BCUT2D eigenvalue weighted by molar-refractivity contribution is 5.91. The van der Waals surface area contributed by atoms with Gasteiger partial charge in [-0.05, 0) is 18.4 Å². The van der Waals surface area contributed by atoms with Crippen LogP contribution in [0.1, 0.15) is 26.3 Å². The highest BCUT2D eigenvalue weighted by Crippen LogP contribution is 2.19. The normalized spacial score (nSPS) is 20.4. The fraction of sp³-hybridized carbons (Fsp3) is 0.500. The van der Waals surface area contributed by atoms with Gasteiger partial charge in [0, 0.05) is 0 Å². The minimum Gasteiger partial charge on any atom is -0.474 e. The zero-order valence-corrected chi connectivity index (χ0v) is 14.9. The van der Waals surface area contributed by atoms with Crippen molar-refractivity contribution < 1.29 is 23.8 Å². The Labute approximate surface area is 147 Å². The number of benzene rings is 1. The molecule has 136 valence electrons. The monoisotopic (exact) mass is 348 g/mol. The number of nitrogens with one attached hydrogen (secondary N) is 1. The van der Waals surface area contributed by atoms with Crippen molar-refractivity contribution in [1.29, 1.82) is 0 Å². The molecule has 1 unspecified atom stereocenters. The summed E-state index contributed by atoms with van der Waals surface area (Å²) in [4.78, 5) is 28.1. The van der Waals surface area contributed by atoms with E-state index in [0.29, 0.717) is 5.90 Å². The Morgan fingerprint density at radius 2 is 1.96 bits per heavy atom. The standard InChI is InChI=1S/C18H24N2O5/c1-11(2)14(16-19-15(12(3)25-16)17(21)23-4)20-18(22)24-10-13-8-6-5-7-9-13/h5-9,11-12,14-15H,10H2,1-4H3,(H,20,22)/t12-,14-,15?/m0/s1. The van der Waals surface area contributed by atoms with Gasteiger partial charge in [0.2, 0.25) is 5.90 Å². The first-order chi connectivity index (χ1) is 11.9. The van der Waals surface area contributed by atoms with Gasteiger partial charge in [-0.1, -0.05) is 44.2 Å². The smallest absolute Gasteiger partial charge is 0.408 e. The van der Waals surface area contributed by atoms with Gasteiger partial charge < -0.3 is 19.5 Å². The second kappa shape index (κ2) is 8.50. The molecule has 1 aliphatic rings. The first-order valence-electron chi connectivity index (χ1n) is 8.21. The number of methoxy groups -OCH3 is 1. The first kappa shape index (κ1) is 18.8. The Hall–Kier alpha value is -2.57. The Morgan fingerprint density at radius 3 is 2.56 bits per heavy atom. The van der Waals surface area contributed by atoms with E-state index >= 15 is 0 Å². The van der Waals surface area contributed by atoms with Crippen molar-refractivity contribution in [2.75, 3.05) is 7.11 Å². The molecule has 0 bridgehead atoms. The van der Waals surface area contributed by atoms with Crippen molar-refractivity contribution in [3.63, 3.8) is 0 Å². The number of alkyl carbamates (subject to hydrolysis) is 1. The number of carbonyl (C=O) groups is 2. The molecular weight excluding hydrogens is 324 g/mol. The summed E-state index contributed by atoms with van der Waals surface area (Å²) in [5.41, 5.74) is 0.896. The van der Waals surface area contributed by atoms with Gasteiger partial charge >= 0.3 is 12.1 Å². The van der Waals surface area contributed by atoms with Crippen molar-refractivity contribution in [2.45, 2.75) is 45.6 Å². The van der Waals surface area contributed by atoms with E-state index in [1.165, 1.54) is 7.11 Å². The maximum absolute atomic E-state index is 12.1. The molecule has 0 saturated carbocycles. The van der Waals surface area contributed by atoms with Crippen LogP contribution in [0.4, 0.5) is 4.79 Å². The van der Waals surface area contributed by atoms with Crippen LogP contribution in [-0.4, -0.2) is 43.3 Å². The van der Waals surface area contributed by atoms with E-state index in [4.69, 9.17) is 14.2 Å². The predicted octanol–water partition coefficient (Wildman–Crippen LogP) is 2.30. The lowest BCUT2D eigenvalue weighted by atomic mass is 10.0. The lowest BCUT2D eigenvalue weighted by Gasteiger charge is -2.22. The minimum atomic E-state index is -0.719. The van der Waals surface area contributed by atoms with Crippen molar-refractivity contribution in [2.24, 2.45) is 10.9 Å². The fourth-order valence-corrected chi connectivity index (χ4v) is 2.45. The highest BCUT2D eigenvalue weighted by Gasteiger charge is 2.38. The van der Waals surface area contributed by atoms with E-state index in [0.717, 1.165) is 5.56 Å². The van der Waals surface area contributed by atoms with Crippen molar-refractivity contribution in [3.05, 3.63) is 35.9 Å². The summed E-state index contributed by atoms with van der Waals surface area (Å²) in [6.07, 6.45) is -1.01. The fourth-order valence-electron chi connectivity index (χ4n) is 2.45. The Balaban J connectivity index is 1.98. The van der Waals surface area contributed by atoms with Crippen LogP contribution >= 0.6 is 0 Å². The molecule has 1 aliphatic heterocycles. The first-order valence-corrected chi connectivity index (χ1v) is 8.21. The van der Waals surface area contributed by atoms with Gasteiger partial charge in [0.25, 0.3) is 0 Å². The number of ether oxygens (including phenoxy) is 3. The summed E-state index contributed by atoms with van der Waals surface area (Å²) in [5.74, 6) is -0.141. The molecule has 3 atom stereocenters. The Kier molecular flexibility index (Phi) is 6.38. The van der Waals surface area contributed by atoms with Crippen LogP contribution in [0.3, 0.4) is 0 Å². The van der Waals surface area contributed by atoms with Gasteiger partial charge in [-0.15, -0.1) is 0 Å². The molecule has 0 aliphatic carbocycles. The predicted molar refractivity (Wildman–Crippen MR) is 92.2 cm³/mol.